The van der Waals surface area contributed by atoms with E-state index < -0.39 is 11.7 Å². The largest absolute Gasteiger partial charge is 0.496 e. The van der Waals surface area contributed by atoms with Crippen LogP contribution in [-0.4, -0.2) is 42.7 Å². The van der Waals surface area contributed by atoms with Crippen LogP contribution in [0.3, 0.4) is 0 Å². The fourth-order valence-corrected chi connectivity index (χ4v) is 3.55. The summed E-state index contributed by atoms with van der Waals surface area (Å²) in [6.07, 6.45) is 3.32. The van der Waals surface area contributed by atoms with Crippen molar-refractivity contribution in [3.8, 4) is 11.5 Å². The number of anilines is 1. The van der Waals surface area contributed by atoms with Crippen LogP contribution in [0.4, 0.5) is 10.2 Å². The van der Waals surface area contributed by atoms with Gasteiger partial charge in [0, 0.05) is 24.9 Å². The minimum Gasteiger partial charge on any atom is -0.496 e. The maximum Gasteiger partial charge on any atom is 0.259 e. The monoisotopic (exact) mass is 600 g/mol. The van der Waals surface area contributed by atoms with Crippen LogP contribution < -0.4 is 20.5 Å². The summed E-state index contributed by atoms with van der Waals surface area (Å²) < 4.78 is 25.3. The highest BCUT2D eigenvalue weighted by Gasteiger charge is 2.18. The molecule has 40 heavy (non-hydrogen) atoms. The van der Waals surface area contributed by atoms with Crippen molar-refractivity contribution in [3.63, 3.8) is 0 Å². The van der Waals surface area contributed by atoms with Crippen molar-refractivity contribution in [2.24, 2.45) is 12.8 Å². The second-order valence-electron chi connectivity index (χ2n) is 7.53. The molecule has 0 unspecified atom stereocenters. The zero-order valence-electron chi connectivity index (χ0n) is 25.1. The maximum absolute atomic E-state index is 13.9. The highest BCUT2D eigenvalue weighted by Crippen LogP contribution is 2.33. The van der Waals surface area contributed by atoms with Crippen molar-refractivity contribution in [3.05, 3.63) is 68.6 Å². The third-order valence-corrected chi connectivity index (χ3v) is 5.13. The molecule has 0 atom stereocenters. The van der Waals surface area contributed by atoms with Crippen LogP contribution in [0.5, 0.6) is 11.5 Å². The van der Waals surface area contributed by atoms with Crippen LogP contribution >= 0.6 is 23.2 Å². The van der Waals surface area contributed by atoms with Crippen LogP contribution in [0.1, 0.15) is 72.9 Å². The summed E-state index contributed by atoms with van der Waals surface area (Å²) in [6, 6.07) is 5.78. The Balaban J connectivity index is 0. The Morgan fingerprint density at radius 1 is 1.07 bits per heavy atom. The molecule has 2 aromatic carbocycles. The predicted molar refractivity (Wildman–Crippen MR) is 164 cm³/mol. The number of ether oxygens (including phenoxy) is 2. The molecule has 0 aliphatic rings. The predicted octanol–water partition coefficient (Wildman–Crippen LogP) is 7.66. The third kappa shape index (κ3) is 12.8. The molecule has 0 spiro atoms. The Labute approximate surface area is 247 Å². The normalized spacial score (nSPS) is 9.15. The number of carbonyl (C=O) groups excluding carboxylic acids is 2. The van der Waals surface area contributed by atoms with E-state index in [1.807, 2.05) is 46.8 Å². The van der Waals surface area contributed by atoms with Crippen LogP contribution in [0.15, 0.2) is 30.5 Å². The fourth-order valence-electron chi connectivity index (χ4n) is 2.80. The second kappa shape index (κ2) is 21.7. The van der Waals surface area contributed by atoms with Gasteiger partial charge < -0.3 is 20.5 Å². The number of nitrogens with zero attached hydrogens (tertiary/aromatic N) is 2. The van der Waals surface area contributed by atoms with Crippen LogP contribution in [-0.2, 0) is 7.05 Å². The molecule has 0 saturated carbocycles. The Morgan fingerprint density at radius 3 is 1.98 bits per heavy atom. The number of aryl methyl sites for hydroxylation is 3. The first kappa shape index (κ1) is 39.0. The molecule has 0 fully saturated rings. The van der Waals surface area contributed by atoms with Crippen molar-refractivity contribution in [1.29, 1.82) is 0 Å². The number of halogens is 3. The summed E-state index contributed by atoms with van der Waals surface area (Å²) >= 11 is 11.7. The number of nitrogens with two attached hydrogens (primary N) is 1. The molecule has 3 aromatic rings. The standard InChI is InChI=1S/C14H14FN3O3.C8H8Cl2O.C3H9N.2C2H6/c1-8-6-18(2)17-13(8)16-14(20)10-4-9(7-19)12(21-3)5-11(10)15;1-5-3-6(9)8(11-2)7(10)4-5;1-2-3-4;2*1-2/h4-7H,1-3H3,(H,16,17,20);3-4H,1-2H3;2-4H2,1H3;2*1-2H3. The smallest absolute Gasteiger partial charge is 0.259 e. The summed E-state index contributed by atoms with van der Waals surface area (Å²) in [5, 5.41) is 7.67. The van der Waals surface area contributed by atoms with Gasteiger partial charge in [0.15, 0.2) is 17.9 Å². The zero-order chi connectivity index (χ0) is 31.4. The average Bonchev–Trinajstić information content (AvgIpc) is 3.26. The van der Waals surface area contributed by atoms with Gasteiger partial charge in [-0.1, -0.05) is 57.8 Å². The number of benzene rings is 2. The number of aromatic nitrogens is 2. The van der Waals surface area contributed by atoms with E-state index in [1.165, 1.54) is 11.8 Å². The molecule has 0 radical (unpaired) electrons. The molecule has 8 nitrogen and oxygen atoms in total. The third-order valence-electron chi connectivity index (χ3n) is 4.57. The number of nitrogens with one attached hydrogen (secondary N) is 1. The first-order valence-corrected chi connectivity index (χ1v) is 13.6. The van der Waals surface area contributed by atoms with Gasteiger partial charge in [-0.05, 0) is 50.6 Å². The van der Waals surface area contributed by atoms with Crippen molar-refractivity contribution < 1.29 is 23.5 Å². The molecular formula is C29H43Cl2FN4O4. The van der Waals surface area contributed by atoms with Crippen molar-refractivity contribution in [2.45, 2.75) is 54.9 Å². The van der Waals surface area contributed by atoms with Gasteiger partial charge in [-0.25, -0.2) is 4.39 Å². The van der Waals surface area contributed by atoms with Gasteiger partial charge in [-0.3, -0.25) is 14.3 Å². The number of hydrogen-bond acceptors (Lipinski definition) is 6. The van der Waals surface area contributed by atoms with Gasteiger partial charge in [-0.2, -0.15) is 5.10 Å². The minimum atomic E-state index is -0.775. The second-order valence-corrected chi connectivity index (χ2v) is 8.35. The van der Waals surface area contributed by atoms with Crippen LogP contribution in [0.2, 0.25) is 10.0 Å². The SMILES string of the molecule is CC.CC.CCCN.COc1c(Cl)cc(C)cc1Cl.COc1cc(F)c(C(=O)Nc2nn(C)cc2C)cc1C=O. The molecule has 3 rings (SSSR count). The van der Waals surface area contributed by atoms with Crippen molar-refractivity contribution in [1.82, 2.24) is 9.78 Å². The molecule has 0 aliphatic carbocycles. The molecule has 0 saturated heterocycles. The quantitative estimate of drug-likeness (QED) is 0.281. The summed E-state index contributed by atoms with van der Waals surface area (Å²) in [5.74, 6) is -0.499. The summed E-state index contributed by atoms with van der Waals surface area (Å²) in [7, 11) is 4.57. The highest BCUT2D eigenvalue weighted by molar-refractivity contribution is 6.37. The van der Waals surface area contributed by atoms with Gasteiger partial charge in [0.1, 0.15) is 11.6 Å². The molecule has 1 heterocycles. The number of rotatable bonds is 6. The van der Waals surface area contributed by atoms with Gasteiger partial charge in [-0.15, -0.1) is 0 Å². The van der Waals surface area contributed by atoms with Gasteiger partial charge in [0.05, 0.1) is 35.4 Å². The van der Waals surface area contributed by atoms with Gasteiger partial charge in [0.2, 0.25) is 0 Å². The van der Waals surface area contributed by atoms with Crippen molar-refractivity contribution >= 4 is 41.2 Å². The van der Waals surface area contributed by atoms with E-state index in [9.17, 15) is 14.0 Å². The van der Waals surface area contributed by atoms with Crippen molar-refractivity contribution in [2.75, 3.05) is 26.1 Å². The summed E-state index contributed by atoms with van der Waals surface area (Å²) in [4.78, 5) is 23.0. The molecule has 224 valence electrons. The Morgan fingerprint density at radius 2 is 1.60 bits per heavy atom. The molecule has 0 bridgehead atoms. The van der Waals surface area contributed by atoms with E-state index in [2.05, 4.69) is 17.3 Å². The zero-order valence-corrected chi connectivity index (χ0v) is 26.6. The highest BCUT2D eigenvalue weighted by atomic mass is 35.5. The molecule has 1 amide bonds. The topological polar surface area (TPSA) is 108 Å². The fraction of sp³-hybridized carbons (Fsp3) is 0.414. The molecule has 0 aliphatic heterocycles. The summed E-state index contributed by atoms with van der Waals surface area (Å²) in [6.45, 7) is 14.6. The van der Waals surface area contributed by atoms with E-state index in [-0.39, 0.29) is 16.9 Å². The lowest BCUT2D eigenvalue weighted by molar-refractivity contribution is 0.102. The number of methoxy groups -OCH3 is 2. The van der Waals surface area contributed by atoms with Gasteiger partial charge in [0.25, 0.3) is 5.91 Å². The van der Waals surface area contributed by atoms with Gasteiger partial charge >= 0.3 is 0 Å². The lowest BCUT2D eigenvalue weighted by Gasteiger charge is -2.08. The van der Waals surface area contributed by atoms with Crippen LogP contribution in [0.25, 0.3) is 0 Å². The minimum absolute atomic E-state index is 0.0769. The molecule has 11 heteroatoms. The maximum atomic E-state index is 13.9. The number of aldehydes is 1. The molecular weight excluding hydrogens is 558 g/mol. The van der Waals surface area contributed by atoms with Crippen LogP contribution in [0, 0.1) is 19.7 Å². The van der Waals surface area contributed by atoms with E-state index in [1.54, 1.807) is 27.3 Å². The number of hydrogen-bond donors (Lipinski definition) is 2. The number of amides is 1. The van der Waals surface area contributed by atoms with E-state index in [4.69, 9.17) is 38.4 Å². The average molecular weight is 602 g/mol. The lowest BCUT2D eigenvalue weighted by atomic mass is 10.1. The Hall–Kier alpha value is -3.14. The molecule has 3 N–H and O–H groups in total. The lowest BCUT2D eigenvalue weighted by Crippen LogP contribution is -2.15. The molecule has 1 aromatic heterocycles. The van der Waals surface area contributed by atoms with E-state index in [0.717, 1.165) is 36.2 Å². The van der Waals surface area contributed by atoms with E-state index in [0.29, 0.717) is 27.9 Å². The Kier molecular flexibility index (Phi) is 21.1. The Bertz CT molecular complexity index is 1160. The first-order chi connectivity index (χ1) is 19.0. The first-order valence-electron chi connectivity index (χ1n) is 12.9. The number of carbonyl (C=O) groups is 2. The summed E-state index contributed by atoms with van der Waals surface area (Å²) in [5.41, 5.74) is 6.65. The van der Waals surface area contributed by atoms with E-state index >= 15 is 0 Å².